The monoisotopic (exact) mass is 313 g/mol. The first-order valence-corrected chi connectivity index (χ1v) is 7.31. The van der Waals surface area contributed by atoms with E-state index in [1.165, 1.54) is 18.9 Å². The molecule has 1 spiro atoms. The van der Waals surface area contributed by atoms with Crippen molar-refractivity contribution in [3.05, 3.63) is 34.1 Å². The summed E-state index contributed by atoms with van der Waals surface area (Å²) in [6.45, 7) is 1.76. The molecule has 1 aliphatic carbocycles. The van der Waals surface area contributed by atoms with Crippen LogP contribution in [0.15, 0.2) is 22.7 Å². The predicted molar refractivity (Wildman–Crippen MR) is 72.0 cm³/mol. The number of morpholine rings is 1. The van der Waals surface area contributed by atoms with Crippen molar-refractivity contribution >= 4 is 15.9 Å². The van der Waals surface area contributed by atoms with Gasteiger partial charge in [0.25, 0.3) is 0 Å². The Bertz CT molecular complexity index is 445. The summed E-state index contributed by atoms with van der Waals surface area (Å²) in [5.74, 6) is -0.224. The van der Waals surface area contributed by atoms with E-state index in [4.69, 9.17) is 4.74 Å². The van der Waals surface area contributed by atoms with Crippen LogP contribution in [0, 0.1) is 5.82 Å². The molecule has 1 saturated carbocycles. The van der Waals surface area contributed by atoms with E-state index in [1.54, 1.807) is 0 Å². The molecule has 0 amide bonds. The average Bonchev–Trinajstić information content (AvgIpc) is 2.81. The normalized spacial score (nSPS) is 26.7. The highest BCUT2D eigenvalue weighted by atomic mass is 79.9. The summed E-state index contributed by atoms with van der Waals surface area (Å²) in [7, 11) is 0. The van der Waals surface area contributed by atoms with Gasteiger partial charge in [-0.05, 0) is 46.5 Å². The molecule has 98 valence electrons. The predicted octanol–water partition coefficient (Wildman–Crippen LogP) is 3.56. The molecule has 18 heavy (non-hydrogen) atoms. The highest BCUT2D eigenvalue weighted by molar-refractivity contribution is 9.10. The first-order chi connectivity index (χ1) is 8.69. The Kier molecular flexibility index (Phi) is 3.43. The molecule has 1 unspecified atom stereocenters. The third-order valence-electron chi connectivity index (χ3n) is 4.00. The van der Waals surface area contributed by atoms with E-state index in [0.717, 1.165) is 31.5 Å². The molecule has 1 aromatic rings. The first-order valence-electron chi connectivity index (χ1n) is 6.52. The lowest BCUT2D eigenvalue weighted by molar-refractivity contribution is -0.114. The van der Waals surface area contributed by atoms with E-state index < -0.39 is 0 Å². The summed E-state index contributed by atoms with van der Waals surface area (Å²) < 4.78 is 20.1. The Balaban J connectivity index is 1.81. The molecule has 3 rings (SSSR count). The topological polar surface area (TPSA) is 21.3 Å². The van der Waals surface area contributed by atoms with Crippen LogP contribution < -0.4 is 5.32 Å². The molecule has 0 radical (unpaired) electrons. The summed E-state index contributed by atoms with van der Waals surface area (Å²) in [4.78, 5) is 0. The molecule has 2 fully saturated rings. The fraction of sp³-hybridized carbons (Fsp3) is 0.571. The van der Waals surface area contributed by atoms with Gasteiger partial charge in [-0.2, -0.15) is 0 Å². The maximum Gasteiger partial charge on any atom is 0.137 e. The number of ether oxygens (including phenoxy) is 1. The second kappa shape index (κ2) is 4.91. The van der Waals surface area contributed by atoms with Crippen LogP contribution in [0.25, 0.3) is 0 Å². The lowest BCUT2D eigenvalue weighted by Gasteiger charge is -2.39. The molecule has 1 N–H and O–H groups in total. The second-order valence-electron chi connectivity index (χ2n) is 5.30. The average molecular weight is 314 g/mol. The van der Waals surface area contributed by atoms with Crippen LogP contribution in [0.4, 0.5) is 4.39 Å². The molecule has 0 bridgehead atoms. The smallest absolute Gasteiger partial charge is 0.137 e. The number of benzene rings is 1. The van der Waals surface area contributed by atoms with Crippen molar-refractivity contribution in [2.75, 3.05) is 13.1 Å². The van der Waals surface area contributed by atoms with E-state index in [-0.39, 0.29) is 17.5 Å². The molecule has 1 saturated heterocycles. The molecule has 4 heteroatoms. The van der Waals surface area contributed by atoms with Crippen LogP contribution >= 0.6 is 15.9 Å². The zero-order chi connectivity index (χ0) is 12.6. The van der Waals surface area contributed by atoms with Crippen LogP contribution in [0.5, 0.6) is 0 Å². The fourth-order valence-electron chi connectivity index (χ4n) is 3.03. The number of rotatable bonds is 1. The van der Waals surface area contributed by atoms with Crippen molar-refractivity contribution in [1.29, 1.82) is 0 Å². The quantitative estimate of drug-likeness (QED) is 0.856. The Morgan fingerprint density at radius 2 is 2.11 bits per heavy atom. The molecule has 2 nitrogen and oxygen atoms in total. The Morgan fingerprint density at radius 1 is 1.33 bits per heavy atom. The van der Waals surface area contributed by atoms with Crippen molar-refractivity contribution in [3.8, 4) is 0 Å². The highest BCUT2D eigenvalue weighted by Crippen LogP contribution is 2.39. The highest BCUT2D eigenvalue weighted by Gasteiger charge is 2.40. The van der Waals surface area contributed by atoms with Gasteiger partial charge in [-0.3, -0.25) is 0 Å². The van der Waals surface area contributed by atoms with Crippen LogP contribution in [0.2, 0.25) is 0 Å². The van der Waals surface area contributed by atoms with Crippen molar-refractivity contribution in [2.45, 2.75) is 37.4 Å². The van der Waals surface area contributed by atoms with Gasteiger partial charge in [-0.15, -0.1) is 0 Å². The Hall–Kier alpha value is -0.450. The van der Waals surface area contributed by atoms with Crippen molar-refractivity contribution < 1.29 is 9.13 Å². The molecule has 1 aromatic carbocycles. The fourth-order valence-corrected chi connectivity index (χ4v) is 3.43. The van der Waals surface area contributed by atoms with Gasteiger partial charge in [0.2, 0.25) is 0 Å². The maximum atomic E-state index is 13.3. The molecule has 1 aliphatic heterocycles. The minimum absolute atomic E-state index is 0.0176. The molecular formula is C14H17BrFNO. The number of nitrogens with one attached hydrogen (secondary N) is 1. The van der Waals surface area contributed by atoms with Crippen molar-refractivity contribution in [1.82, 2.24) is 5.32 Å². The molecule has 2 aliphatic rings. The molecule has 0 aromatic heterocycles. The number of halogens is 2. The zero-order valence-electron chi connectivity index (χ0n) is 10.2. The van der Waals surface area contributed by atoms with E-state index in [9.17, 15) is 4.39 Å². The minimum Gasteiger partial charge on any atom is -0.364 e. The van der Waals surface area contributed by atoms with Crippen LogP contribution in [-0.2, 0) is 4.74 Å². The maximum absolute atomic E-state index is 13.3. The number of hydrogen-bond acceptors (Lipinski definition) is 2. The zero-order valence-corrected chi connectivity index (χ0v) is 11.8. The Morgan fingerprint density at radius 3 is 2.83 bits per heavy atom. The summed E-state index contributed by atoms with van der Waals surface area (Å²) in [5, 5.41) is 3.47. The SMILES string of the molecule is Fc1ccc(C2CNCC3(CCCC3)O2)cc1Br. The van der Waals surface area contributed by atoms with Gasteiger partial charge < -0.3 is 10.1 Å². The van der Waals surface area contributed by atoms with E-state index in [0.29, 0.717) is 4.47 Å². The summed E-state index contributed by atoms with van der Waals surface area (Å²) in [6, 6.07) is 5.15. The molecular weight excluding hydrogens is 297 g/mol. The van der Waals surface area contributed by atoms with Crippen LogP contribution in [0.1, 0.15) is 37.4 Å². The van der Waals surface area contributed by atoms with Gasteiger partial charge in [0.15, 0.2) is 0 Å². The minimum atomic E-state index is -0.224. The molecule has 1 heterocycles. The van der Waals surface area contributed by atoms with E-state index in [1.807, 2.05) is 12.1 Å². The largest absolute Gasteiger partial charge is 0.364 e. The third kappa shape index (κ3) is 2.33. The van der Waals surface area contributed by atoms with E-state index in [2.05, 4.69) is 21.2 Å². The lowest BCUT2D eigenvalue weighted by Crippen LogP contribution is -2.49. The molecule has 1 atom stereocenters. The van der Waals surface area contributed by atoms with Crippen molar-refractivity contribution in [3.63, 3.8) is 0 Å². The van der Waals surface area contributed by atoms with Crippen molar-refractivity contribution in [2.24, 2.45) is 0 Å². The standard InChI is InChI=1S/C14H17BrFNO/c15-11-7-10(3-4-12(11)16)13-8-17-9-14(18-13)5-1-2-6-14/h3-4,7,13,17H,1-2,5-6,8-9H2. The number of hydrogen-bond donors (Lipinski definition) is 1. The lowest BCUT2D eigenvalue weighted by atomic mass is 9.97. The first kappa shape index (κ1) is 12.6. The van der Waals surface area contributed by atoms with Gasteiger partial charge >= 0.3 is 0 Å². The summed E-state index contributed by atoms with van der Waals surface area (Å²) in [6.07, 6.45) is 4.81. The third-order valence-corrected chi connectivity index (χ3v) is 4.61. The second-order valence-corrected chi connectivity index (χ2v) is 6.16. The van der Waals surface area contributed by atoms with Gasteiger partial charge in [0.1, 0.15) is 5.82 Å². The Labute approximate surface area is 115 Å². The van der Waals surface area contributed by atoms with Gasteiger partial charge in [0, 0.05) is 13.1 Å². The van der Waals surface area contributed by atoms with Gasteiger partial charge in [0.05, 0.1) is 16.2 Å². The van der Waals surface area contributed by atoms with E-state index >= 15 is 0 Å². The summed E-state index contributed by atoms with van der Waals surface area (Å²) in [5.41, 5.74) is 1.06. The van der Waals surface area contributed by atoms with Gasteiger partial charge in [-0.1, -0.05) is 18.9 Å². The van der Waals surface area contributed by atoms with Crippen LogP contribution in [0.3, 0.4) is 0 Å². The van der Waals surface area contributed by atoms with Crippen LogP contribution in [-0.4, -0.2) is 18.7 Å². The van der Waals surface area contributed by atoms with Gasteiger partial charge in [-0.25, -0.2) is 4.39 Å². The summed E-state index contributed by atoms with van der Waals surface area (Å²) >= 11 is 3.24.